The Morgan fingerprint density at radius 1 is 0.933 bits per heavy atom. The lowest BCUT2D eigenvalue weighted by Crippen LogP contribution is -2.56. The van der Waals surface area contributed by atoms with Crippen LogP contribution in [0.3, 0.4) is 0 Å². The quantitative estimate of drug-likeness (QED) is 0.768. The zero-order chi connectivity index (χ0) is 20.9. The predicted octanol–water partition coefficient (Wildman–Crippen LogP) is 2.87. The van der Waals surface area contributed by atoms with Crippen LogP contribution in [-0.4, -0.2) is 65.3 Å². The Morgan fingerprint density at radius 2 is 1.70 bits per heavy atom. The van der Waals surface area contributed by atoms with E-state index in [1.807, 2.05) is 28.0 Å². The largest absolute Gasteiger partial charge is 0.341 e. The molecule has 2 aliphatic heterocycles. The van der Waals surface area contributed by atoms with Crippen molar-refractivity contribution >= 4 is 11.8 Å². The Balaban J connectivity index is 1.33. The highest BCUT2D eigenvalue weighted by molar-refractivity contribution is 5.83. The molecule has 30 heavy (non-hydrogen) atoms. The minimum Gasteiger partial charge on any atom is -0.341 e. The second-order valence-electron chi connectivity index (χ2n) is 8.46. The Labute approximate surface area is 179 Å². The summed E-state index contributed by atoms with van der Waals surface area (Å²) < 4.78 is 0. The van der Waals surface area contributed by atoms with Crippen LogP contribution < -0.4 is 0 Å². The van der Waals surface area contributed by atoms with Crippen LogP contribution in [0.15, 0.2) is 54.6 Å². The molecule has 2 fully saturated rings. The lowest BCUT2D eigenvalue weighted by atomic mass is 10.1. The van der Waals surface area contributed by atoms with Crippen LogP contribution in [0.5, 0.6) is 0 Å². The molecule has 0 bridgehead atoms. The summed E-state index contributed by atoms with van der Waals surface area (Å²) in [6, 6.07) is 18.4. The standard InChI is InChI=1S/C25H31N3O2/c1-20-6-5-9-22(18-20)19-28-17-15-26-14-16-27(13-12-23(26)25(28)30)24(29)11-10-21-7-3-2-4-8-21/h2-9,18,23H,10-17,19H2,1H3. The van der Waals surface area contributed by atoms with Gasteiger partial charge in [0.05, 0.1) is 6.04 Å². The van der Waals surface area contributed by atoms with E-state index in [-0.39, 0.29) is 17.9 Å². The van der Waals surface area contributed by atoms with Gasteiger partial charge in [-0.3, -0.25) is 14.5 Å². The number of piperazine rings is 1. The van der Waals surface area contributed by atoms with E-state index < -0.39 is 0 Å². The number of benzene rings is 2. The van der Waals surface area contributed by atoms with Gasteiger partial charge in [-0.05, 0) is 30.9 Å². The van der Waals surface area contributed by atoms with Gasteiger partial charge >= 0.3 is 0 Å². The van der Waals surface area contributed by atoms with Crippen molar-refractivity contribution in [1.82, 2.24) is 14.7 Å². The van der Waals surface area contributed by atoms with Gasteiger partial charge in [0, 0.05) is 45.7 Å². The molecule has 2 saturated heterocycles. The van der Waals surface area contributed by atoms with Crippen LogP contribution in [0.4, 0.5) is 0 Å². The number of hydrogen-bond acceptors (Lipinski definition) is 3. The molecule has 0 spiro atoms. The van der Waals surface area contributed by atoms with Crippen LogP contribution in [0, 0.1) is 6.92 Å². The summed E-state index contributed by atoms with van der Waals surface area (Å²) in [6.45, 7) is 6.56. The minimum absolute atomic E-state index is 0.101. The summed E-state index contributed by atoms with van der Waals surface area (Å²) in [6.07, 6.45) is 2.02. The summed E-state index contributed by atoms with van der Waals surface area (Å²) in [7, 11) is 0. The van der Waals surface area contributed by atoms with E-state index in [1.54, 1.807) is 0 Å². The molecule has 0 N–H and O–H groups in total. The number of fused-ring (bicyclic) bond motifs is 1. The first-order valence-corrected chi connectivity index (χ1v) is 11.0. The molecule has 2 amide bonds. The van der Waals surface area contributed by atoms with Gasteiger partial charge in [-0.25, -0.2) is 0 Å². The summed E-state index contributed by atoms with van der Waals surface area (Å²) in [5.41, 5.74) is 3.60. The summed E-state index contributed by atoms with van der Waals surface area (Å²) in [5, 5.41) is 0. The third kappa shape index (κ3) is 4.90. The fourth-order valence-electron chi connectivity index (χ4n) is 4.59. The zero-order valence-electron chi connectivity index (χ0n) is 17.8. The molecule has 2 aromatic carbocycles. The maximum atomic E-state index is 13.2. The molecule has 0 radical (unpaired) electrons. The van der Waals surface area contributed by atoms with E-state index in [0.717, 1.165) is 39.0 Å². The van der Waals surface area contributed by atoms with Gasteiger partial charge in [-0.2, -0.15) is 0 Å². The van der Waals surface area contributed by atoms with E-state index in [4.69, 9.17) is 0 Å². The van der Waals surface area contributed by atoms with Crippen LogP contribution in [0.25, 0.3) is 0 Å². The first kappa shape index (κ1) is 20.6. The van der Waals surface area contributed by atoms with Gasteiger partial charge in [-0.15, -0.1) is 0 Å². The smallest absolute Gasteiger partial charge is 0.240 e. The molecule has 5 nitrogen and oxygen atoms in total. The number of amides is 2. The van der Waals surface area contributed by atoms with Crippen molar-refractivity contribution in [2.75, 3.05) is 32.7 Å². The molecule has 0 aliphatic carbocycles. The highest BCUT2D eigenvalue weighted by Gasteiger charge is 2.37. The Hall–Kier alpha value is -2.66. The second-order valence-corrected chi connectivity index (χ2v) is 8.46. The van der Waals surface area contributed by atoms with Crippen LogP contribution in [-0.2, 0) is 22.6 Å². The molecule has 2 heterocycles. The molecular weight excluding hydrogens is 374 g/mol. The van der Waals surface area contributed by atoms with Crippen molar-refractivity contribution in [2.45, 2.75) is 38.8 Å². The fraction of sp³-hybridized carbons (Fsp3) is 0.440. The second kappa shape index (κ2) is 9.43. The van der Waals surface area contributed by atoms with Gasteiger partial charge in [0.25, 0.3) is 0 Å². The van der Waals surface area contributed by atoms with Gasteiger partial charge in [0.2, 0.25) is 11.8 Å². The number of carbonyl (C=O) groups excluding carboxylic acids is 2. The molecule has 2 aliphatic rings. The number of rotatable bonds is 5. The molecule has 0 aromatic heterocycles. The van der Waals surface area contributed by atoms with Gasteiger partial charge in [0.15, 0.2) is 0 Å². The van der Waals surface area contributed by atoms with Crippen molar-refractivity contribution in [3.05, 3.63) is 71.3 Å². The number of hydrogen-bond donors (Lipinski definition) is 0. The molecule has 1 atom stereocenters. The summed E-state index contributed by atoms with van der Waals surface area (Å²) in [5.74, 6) is 0.407. The van der Waals surface area contributed by atoms with Crippen molar-refractivity contribution in [1.29, 1.82) is 0 Å². The van der Waals surface area contributed by atoms with Gasteiger partial charge in [-0.1, -0.05) is 60.2 Å². The lowest BCUT2D eigenvalue weighted by Gasteiger charge is -2.39. The SMILES string of the molecule is Cc1cccc(CN2CCN3CCN(C(=O)CCc4ccccc4)CCC3C2=O)c1. The normalized spacial score (nSPS) is 20.0. The molecule has 5 heteroatoms. The molecular formula is C25H31N3O2. The predicted molar refractivity (Wildman–Crippen MR) is 118 cm³/mol. The van der Waals surface area contributed by atoms with Crippen molar-refractivity contribution in [2.24, 2.45) is 0 Å². The average Bonchev–Trinajstić information content (AvgIpc) is 2.98. The van der Waals surface area contributed by atoms with Crippen molar-refractivity contribution in [3.63, 3.8) is 0 Å². The van der Waals surface area contributed by atoms with E-state index in [2.05, 4.69) is 48.2 Å². The third-order valence-electron chi connectivity index (χ3n) is 6.30. The van der Waals surface area contributed by atoms with Gasteiger partial charge in [0.1, 0.15) is 0 Å². The lowest BCUT2D eigenvalue weighted by molar-refractivity contribution is -0.142. The van der Waals surface area contributed by atoms with Crippen LogP contribution in [0.1, 0.15) is 29.5 Å². The highest BCUT2D eigenvalue weighted by Crippen LogP contribution is 2.21. The minimum atomic E-state index is -0.101. The monoisotopic (exact) mass is 405 g/mol. The van der Waals surface area contributed by atoms with Crippen LogP contribution in [0.2, 0.25) is 0 Å². The third-order valence-corrected chi connectivity index (χ3v) is 6.30. The van der Waals surface area contributed by atoms with Crippen molar-refractivity contribution in [3.8, 4) is 0 Å². The first-order valence-electron chi connectivity index (χ1n) is 11.0. The van der Waals surface area contributed by atoms with E-state index >= 15 is 0 Å². The van der Waals surface area contributed by atoms with Gasteiger partial charge < -0.3 is 9.80 Å². The molecule has 4 rings (SSSR count). The van der Waals surface area contributed by atoms with Crippen LogP contribution >= 0.6 is 0 Å². The topological polar surface area (TPSA) is 43.9 Å². The Kier molecular flexibility index (Phi) is 6.48. The maximum Gasteiger partial charge on any atom is 0.240 e. The Bertz CT molecular complexity index is 883. The average molecular weight is 406 g/mol. The summed E-state index contributed by atoms with van der Waals surface area (Å²) in [4.78, 5) is 32.2. The van der Waals surface area contributed by atoms with E-state index in [0.29, 0.717) is 19.5 Å². The number of nitrogens with zero attached hydrogens (tertiary/aromatic N) is 3. The van der Waals surface area contributed by atoms with E-state index in [9.17, 15) is 9.59 Å². The molecule has 158 valence electrons. The zero-order valence-corrected chi connectivity index (χ0v) is 17.8. The highest BCUT2D eigenvalue weighted by atomic mass is 16.2. The molecule has 2 aromatic rings. The molecule has 0 saturated carbocycles. The van der Waals surface area contributed by atoms with Crippen molar-refractivity contribution < 1.29 is 9.59 Å². The van der Waals surface area contributed by atoms with E-state index in [1.165, 1.54) is 16.7 Å². The fourth-order valence-corrected chi connectivity index (χ4v) is 4.59. The Morgan fingerprint density at radius 3 is 2.50 bits per heavy atom. The molecule has 1 unspecified atom stereocenters. The summed E-state index contributed by atoms with van der Waals surface area (Å²) >= 11 is 0. The maximum absolute atomic E-state index is 13.2. The number of carbonyl (C=O) groups is 2. The first-order chi connectivity index (χ1) is 14.6. The number of aryl methyl sites for hydroxylation is 2.